The number of rotatable bonds is 5. The van der Waals surface area contributed by atoms with Crippen molar-refractivity contribution in [2.24, 2.45) is 0 Å². The Bertz CT molecular complexity index is 550. The maximum absolute atomic E-state index is 14.3. The van der Waals surface area contributed by atoms with Crippen LogP contribution >= 0.6 is 15.9 Å². The van der Waals surface area contributed by atoms with Crippen molar-refractivity contribution in [2.75, 3.05) is 7.11 Å². The molecule has 0 amide bonds. The van der Waals surface area contributed by atoms with Crippen LogP contribution in [-0.4, -0.2) is 22.4 Å². The van der Waals surface area contributed by atoms with Gasteiger partial charge in [-0.1, -0.05) is 15.9 Å². The van der Waals surface area contributed by atoms with Crippen molar-refractivity contribution >= 4 is 33.3 Å². The molecular weight excluding hydrogens is 373 g/mol. The fraction of sp³-hybridized carbons (Fsp3) is 0.533. The average molecular weight is 394 g/mol. The van der Waals surface area contributed by atoms with Crippen LogP contribution in [0, 0.1) is 5.82 Å². The number of esters is 1. The largest absolute Gasteiger partial charge is 0.598 e. The number of hydrogen-bond donors (Lipinski definition) is 1. The number of hydrogen-bond acceptors (Lipinski definition) is 4. The van der Waals surface area contributed by atoms with Gasteiger partial charge in [0.1, 0.15) is 10.6 Å². The van der Waals surface area contributed by atoms with Gasteiger partial charge in [0, 0.05) is 21.4 Å². The normalized spacial score (nSPS) is 16.0. The highest BCUT2D eigenvalue weighted by molar-refractivity contribution is 9.10. The highest BCUT2D eigenvalue weighted by atomic mass is 79.9. The van der Waals surface area contributed by atoms with E-state index in [1.807, 2.05) is 0 Å². The third-order valence-corrected chi connectivity index (χ3v) is 5.36. The summed E-state index contributed by atoms with van der Waals surface area (Å²) in [6.07, 6.45) is -0.140. The summed E-state index contributed by atoms with van der Waals surface area (Å²) in [5, 5.41) is 0. The Kier molecular flexibility index (Phi) is 6.44. The van der Waals surface area contributed by atoms with Crippen molar-refractivity contribution < 1.29 is 18.5 Å². The van der Waals surface area contributed by atoms with E-state index in [2.05, 4.69) is 20.7 Å². The molecule has 0 aliphatic heterocycles. The summed E-state index contributed by atoms with van der Waals surface area (Å²) in [7, 11) is 1.26. The van der Waals surface area contributed by atoms with Crippen LogP contribution in [0.4, 0.5) is 4.39 Å². The molecule has 1 N–H and O–H groups in total. The number of carbonyl (C=O) groups excluding carboxylic acids is 1. The summed E-state index contributed by atoms with van der Waals surface area (Å²) in [4.78, 5) is 11.7. The van der Waals surface area contributed by atoms with Gasteiger partial charge in [0.2, 0.25) is 0 Å². The lowest BCUT2D eigenvalue weighted by Crippen LogP contribution is -2.51. The molecule has 0 aliphatic rings. The predicted molar refractivity (Wildman–Crippen MR) is 89.1 cm³/mol. The molecule has 0 aliphatic carbocycles. The molecule has 7 heteroatoms. The minimum atomic E-state index is -1.48. The summed E-state index contributed by atoms with van der Waals surface area (Å²) in [6.45, 7) is 7.03. The summed E-state index contributed by atoms with van der Waals surface area (Å²) in [6, 6.07) is 4.44. The second kappa shape index (κ2) is 7.29. The van der Waals surface area contributed by atoms with Crippen LogP contribution in [0.5, 0.6) is 0 Å². The molecule has 0 saturated heterocycles. The van der Waals surface area contributed by atoms with Crippen molar-refractivity contribution in [1.29, 1.82) is 0 Å². The molecule has 1 rings (SSSR count). The molecule has 1 aromatic carbocycles. The molecule has 0 bridgehead atoms. The van der Waals surface area contributed by atoms with Gasteiger partial charge in [-0.3, -0.25) is 4.79 Å². The van der Waals surface area contributed by atoms with E-state index in [0.717, 1.165) is 0 Å². The van der Waals surface area contributed by atoms with Gasteiger partial charge in [-0.15, -0.1) is 4.72 Å². The van der Waals surface area contributed by atoms with Crippen LogP contribution in [0.25, 0.3) is 0 Å². The van der Waals surface area contributed by atoms with E-state index in [1.165, 1.54) is 13.2 Å². The first-order valence-corrected chi connectivity index (χ1v) is 8.66. The van der Waals surface area contributed by atoms with Gasteiger partial charge in [-0.2, -0.15) is 0 Å². The maximum Gasteiger partial charge on any atom is 0.307 e. The zero-order chi connectivity index (χ0) is 17.1. The summed E-state index contributed by atoms with van der Waals surface area (Å²) < 4.78 is 34.4. The first-order chi connectivity index (χ1) is 9.99. The first-order valence-electron chi connectivity index (χ1n) is 6.71. The Morgan fingerprint density at radius 3 is 2.50 bits per heavy atom. The molecule has 0 aromatic heterocycles. The van der Waals surface area contributed by atoms with Crippen LogP contribution in [0.15, 0.2) is 22.7 Å². The number of carbonyl (C=O) groups is 1. The SMILES string of the molecule is COC(=O)CC(C)(N[S+]([O-])C(C)(C)C)c1cc(Br)ccc1F. The minimum absolute atomic E-state index is 0.140. The second-order valence-corrected chi connectivity index (χ2v) is 9.07. The first kappa shape index (κ1) is 19.4. The second-order valence-electron chi connectivity index (χ2n) is 6.19. The number of nitrogens with one attached hydrogen (secondary N) is 1. The predicted octanol–water partition coefficient (Wildman–Crippen LogP) is 3.42. The fourth-order valence-corrected chi connectivity index (χ4v) is 3.08. The number of methoxy groups -OCH3 is 1. The molecule has 0 radical (unpaired) electrons. The van der Waals surface area contributed by atoms with E-state index in [9.17, 15) is 13.7 Å². The molecule has 4 nitrogen and oxygen atoms in total. The van der Waals surface area contributed by atoms with Crippen molar-refractivity contribution in [1.82, 2.24) is 4.72 Å². The quantitative estimate of drug-likeness (QED) is 0.614. The van der Waals surface area contributed by atoms with Gasteiger partial charge in [0.25, 0.3) is 0 Å². The van der Waals surface area contributed by atoms with E-state index < -0.39 is 33.4 Å². The van der Waals surface area contributed by atoms with Crippen molar-refractivity contribution in [2.45, 2.75) is 44.4 Å². The lowest BCUT2D eigenvalue weighted by molar-refractivity contribution is -0.142. The van der Waals surface area contributed by atoms with Gasteiger partial charge in [0.15, 0.2) is 0 Å². The smallest absolute Gasteiger partial charge is 0.307 e. The Morgan fingerprint density at radius 1 is 1.41 bits per heavy atom. The molecule has 0 fully saturated rings. The molecule has 2 unspecified atom stereocenters. The molecule has 0 heterocycles. The monoisotopic (exact) mass is 393 g/mol. The Morgan fingerprint density at radius 2 is 2.00 bits per heavy atom. The minimum Gasteiger partial charge on any atom is -0.598 e. The molecule has 0 spiro atoms. The number of benzene rings is 1. The standard InChI is InChI=1S/C15H21BrFNO3S/c1-14(2,3)22(20)18-15(4,9-13(19)21-5)11-8-10(16)6-7-12(11)17/h6-8,18H,9H2,1-5H3. The Hall–Kier alpha value is -0.630. The van der Waals surface area contributed by atoms with Gasteiger partial charge in [0.05, 0.1) is 19.1 Å². The highest BCUT2D eigenvalue weighted by Crippen LogP contribution is 2.32. The third-order valence-electron chi connectivity index (χ3n) is 3.12. The van der Waals surface area contributed by atoms with Crippen molar-refractivity contribution in [3.05, 3.63) is 34.1 Å². The topological polar surface area (TPSA) is 61.4 Å². The zero-order valence-electron chi connectivity index (χ0n) is 13.3. The molecule has 124 valence electrons. The van der Waals surface area contributed by atoms with Crippen LogP contribution in [0.2, 0.25) is 0 Å². The van der Waals surface area contributed by atoms with E-state index in [0.29, 0.717) is 4.47 Å². The van der Waals surface area contributed by atoms with E-state index in [-0.39, 0.29) is 12.0 Å². The van der Waals surface area contributed by atoms with Crippen LogP contribution in [0.3, 0.4) is 0 Å². The molecule has 22 heavy (non-hydrogen) atoms. The van der Waals surface area contributed by atoms with E-state index in [4.69, 9.17) is 4.74 Å². The molecule has 0 saturated carbocycles. The van der Waals surface area contributed by atoms with Crippen LogP contribution in [0.1, 0.15) is 39.7 Å². The van der Waals surface area contributed by atoms with Crippen molar-refractivity contribution in [3.8, 4) is 0 Å². The molecule has 1 aromatic rings. The fourth-order valence-electron chi connectivity index (χ4n) is 1.83. The maximum atomic E-state index is 14.3. The van der Waals surface area contributed by atoms with E-state index >= 15 is 0 Å². The van der Waals surface area contributed by atoms with Gasteiger partial charge >= 0.3 is 5.97 Å². The lowest BCUT2D eigenvalue weighted by atomic mass is 9.89. The van der Waals surface area contributed by atoms with Gasteiger partial charge < -0.3 is 9.29 Å². The molecule has 2 atom stereocenters. The summed E-state index contributed by atoms with van der Waals surface area (Å²) in [5.74, 6) is -0.992. The zero-order valence-corrected chi connectivity index (χ0v) is 15.7. The average Bonchev–Trinajstić information content (AvgIpc) is 2.40. The third kappa shape index (κ3) is 4.94. The van der Waals surface area contributed by atoms with Crippen LogP contribution < -0.4 is 4.72 Å². The molecular formula is C15H21BrFNO3S. The Labute approximate surface area is 142 Å². The Balaban J connectivity index is 3.27. The van der Waals surface area contributed by atoms with Crippen molar-refractivity contribution in [3.63, 3.8) is 0 Å². The van der Waals surface area contributed by atoms with Gasteiger partial charge in [-0.05, 0) is 45.9 Å². The highest BCUT2D eigenvalue weighted by Gasteiger charge is 2.40. The number of ether oxygens (including phenoxy) is 1. The summed E-state index contributed by atoms with van der Waals surface area (Å²) >= 11 is 1.81. The van der Waals surface area contributed by atoms with Gasteiger partial charge in [-0.25, -0.2) is 4.39 Å². The number of halogens is 2. The summed E-state index contributed by atoms with van der Waals surface area (Å²) in [5.41, 5.74) is -0.899. The van der Waals surface area contributed by atoms with Crippen LogP contribution in [-0.2, 0) is 26.4 Å². The lowest BCUT2D eigenvalue weighted by Gasteiger charge is -2.34. The van der Waals surface area contributed by atoms with E-state index in [1.54, 1.807) is 39.8 Å².